The monoisotopic (exact) mass is 382 g/mol. The smallest absolute Gasteiger partial charge is 0.316 e. The van der Waals surface area contributed by atoms with Gasteiger partial charge in [0.1, 0.15) is 0 Å². The van der Waals surface area contributed by atoms with Crippen molar-refractivity contribution >= 4 is 28.3 Å². The number of amides is 1. The Morgan fingerprint density at radius 3 is 2.25 bits per heavy atom. The lowest BCUT2D eigenvalue weighted by Crippen LogP contribution is -2.39. The summed E-state index contributed by atoms with van der Waals surface area (Å²) < 4.78 is 7.88. The molecule has 146 valence electrons. The molecule has 3 aromatic rings. The Labute approximate surface area is 161 Å². The molecule has 1 aliphatic rings. The third kappa shape index (κ3) is 3.00. The van der Waals surface area contributed by atoms with Gasteiger partial charge in [0.05, 0.1) is 28.7 Å². The Kier molecular flexibility index (Phi) is 4.54. The molecule has 3 heterocycles. The van der Waals surface area contributed by atoms with Gasteiger partial charge < -0.3 is 23.8 Å². The van der Waals surface area contributed by atoms with Crippen molar-refractivity contribution in [2.45, 2.75) is 19.3 Å². The highest BCUT2D eigenvalue weighted by Crippen LogP contribution is 2.32. The number of aryl methyl sites for hydroxylation is 2. The molecule has 0 saturated carbocycles. The first-order chi connectivity index (χ1) is 13.5. The van der Waals surface area contributed by atoms with Gasteiger partial charge in [0.25, 0.3) is 5.91 Å². The number of aromatic nitrogens is 2. The topological polar surface area (TPSA) is 89.5 Å². The van der Waals surface area contributed by atoms with E-state index in [0.717, 1.165) is 31.6 Å². The van der Waals surface area contributed by atoms with Crippen molar-refractivity contribution < 1.29 is 9.21 Å². The minimum Gasteiger partial charge on any atom is -0.459 e. The van der Waals surface area contributed by atoms with E-state index in [1.807, 2.05) is 6.07 Å². The first kappa shape index (κ1) is 18.1. The predicted molar refractivity (Wildman–Crippen MR) is 107 cm³/mol. The van der Waals surface area contributed by atoms with E-state index < -0.39 is 11.1 Å². The number of anilines is 2. The fourth-order valence-corrected chi connectivity index (χ4v) is 3.70. The third-order valence-corrected chi connectivity index (χ3v) is 5.30. The molecule has 0 bridgehead atoms. The molecule has 1 saturated heterocycles. The maximum atomic E-state index is 12.6. The van der Waals surface area contributed by atoms with Crippen LogP contribution in [0.5, 0.6) is 0 Å². The fraction of sp³-hybridized carbons (Fsp3) is 0.350. The van der Waals surface area contributed by atoms with Crippen LogP contribution in [0.1, 0.15) is 29.8 Å². The second-order valence-corrected chi connectivity index (χ2v) is 7.07. The number of hydrogen-bond donors (Lipinski definition) is 1. The Morgan fingerprint density at radius 1 is 1.00 bits per heavy atom. The number of piperidine rings is 1. The Bertz CT molecular complexity index is 1150. The minimum absolute atomic E-state index is 0.207. The lowest BCUT2D eigenvalue weighted by atomic mass is 10.1. The highest BCUT2D eigenvalue weighted by molar-refractivity contribution is 6.05. The van der Waals surface area contributed by atoms with Crippen molar-refractivity contribution in [3.63, 3.8) is 0 Å². The van der Waals surface area contributed by atoms with E-state index in [2.05, 4.69) is 10.2 Å². The van der Waals surface area contributed by atoms with Crippen molar-refractivity contribution in [3.05, 3.63) is 57.0 Å². The zero-order valence-electron chi connectivity index (χ0n) is 15.9. The second-order valence-electron chi connectivity index (χ2n) is 7.07. The summed E-state index contributed by atoms with van der Waals surface area (Å²) in [6, 6.07) is 6.87. The number of nitrogens with zero attached hydrogens (tertiary/aromatic N) is 3. The van der Waals surface area contributed by atoms with Gasteiger partial charge in [-0.1, -0.05) is 0 Å². The summed E-state index contributed by atoms with van der Waals surface area (Å²) in [5.74, 6) is -0.156. The zero-order chi connectivity index (χ0) is 19.8. The van der Waals surface area contributed by atoms with Gasteiger partial charge in [-0.15, -0.1) is 0 Å². The first-order valence-corrected chi connectivity index (χ1v) is 9.31. The number of hydrogen-bond acceptors (Lipinski definition) is 5. The molecular formula is C20H22N4O4. The molecule has 4 rings (SSSR count). The molecule has 0 atom stereocenters. The summed E-state index contributed by atoms with van der Waals surface area (Å²) in [5.41, 5.74) is 1.45. The highest BCUT2D eigenvalue weighted by atomic mass is 16.3. The number of nitrogens with one attached hydrogen (secondary N) is 1. The van der Waals surface area contributed by atoms with Crippen LogP contribution in [0.3, 0.4) is 0 Å². The number of carbonyl (C=O) groups excluding carboxylic acids is 1. The molecule has 1 aromatic carbocycles. The summed E-state index contributed by atoms with van der Waals surface area (Å²) in [4.78, 5) is 39.2. The lowest BCUT2D eigenvalue weighted by molar-refractivity contribution is 0.0996. The van der Waals surface area contributed by atoms with Gasteiger partial charge in [-0.25, -0.2) is 0 Å². The molecule has 0 aliphatic carbocycles. The summed E-state index contributed by atoms with van der Waals surface area (Å²) in [6.07, 6.45) is 4.75. The van der Waals surface area contributed by atoms with Crippen LogP contribution in [0.25, 0.3) is 11.0 Å². The molecule has 0 spiro atoms. The molecule has 8 nitrogen and oxygen atoms in total. The van der Waals surface area contributed by atoms with Crippen LogP contribution in [0, 0.1) is 0 Å². The van der Waals surface area contributed by atoms with Crippen LogP contribution in [-0.2, 0) is 14.1 Å². The third-order valence-electron chi connectivity index (χ3n) is 5.30. The van der Waals surface area contributed by atoms with Crippen LogP contribution >= 0.6 is 0 Å². The molecule has 0 radical (unpaired) electrons. The van der Waals surface area contributed by atoms with Gasteiger partial charge >= 0.3 is 11.1 Å². The van der Waals surface area contributed by atoms with E-state index in [1.165, 1.54) is 21.8 Å². The second kappa shape index (κ2) is 7.03. The van der Waals surface area contributed by atoms with Crippen molar-refractivity contribution in [2.75, 3.05) is 23.3 Å². The normalized spacial score (nSPS) is 14.4. The summed E-state index contributed by atoms with van der Waals surface area (Å²) in [5, 5.41) is 2.91. The zero-order valence-corrected chi connectivity index (χ0v) is 15.9. The first-order valence-electron chi connectivity index (χ1n) is 9.31. The maximum Gasteiger partial charge on any atom is 0.316 e. The van der Waals surface area contributed by atoms with E-state index in [-0.39, 0.29) is 11.7 Å². The van der Waals surface area contributed by atoms with Gasteiger partial charge in [0.15, 0.2) is 5.76 Å². The van der Waals surface area contributed by atoms with E-state index in [1.54, 1.807) is 32.3 Å². The molecular weight excluding hydrogens is 360 g/mol. The highest BCUT2D eigenvalue weighted by Gasteiger charge is 2.20. The molecule has 2 aromatic heterocycles. The molecule has 0 unspecified atom stereocenters. The van der Waals surface area contributed by atoms with Crippen LogP contribution in [-0.4, -0.2) is 28.1 Å². The van der Waals surface area contributed by atoms with E-state index in [0.29, 0.717) is 16.7 Å². The average Bonchev–Trinajstić information content (AvgIpc) is 3.26. The molecule has 8 heteroatoms. The van der Waals surface area contributed by atoms with Gasteiger partial charge in [0.2, 0.25) is 0 Å². The molecule has 1 amide bonds. The Balaban J connectivity index is 1.90. The molecule has 1 fully saturated rings. The quantitative estimate of drug-likeness (QED) is 0.701. The van der Waals surface area contributed by atoms with Crippen LogP contribution in [0.2, 0.25) is 0 Å². The fourth-order valence-electron chi connectivity index (χ4n) is 3.70. The molecule has 28 heavy (non-hydrogen) atoms. The van der Waals surface area contributed by atoms with Gasteiger partial charge in [-0.05, 0) is 43.5 Å². The van der Waals surface area contributed by atoms with Gasteiger partial charge in [-0.3, -0.25) is 14.4 Å². The van der Waals surface area contributed by atoms with E-state index in [4.69, 9.17) is 4.42 Å². The number of fused-ring (bicyclic) bond motifs is 1. The van der Waals surface area contributed by atoms with E-state index in [9.17, 15) is 14.4 Å². The van der Waals surface area contributed by atoms with Crippen LogP contribution < -0.4 is 21.3 Å². The number of rotatable bonds is 3. The summed E-state index contributed by atoms with van der Waals surface area (Å²) in [6.45, 7) is 1.74. The maximum absolute atomic E-state index is 12.6. The van der Waals surface area contributed by atoms with Gasteiger partial charge in [-0.2, -0.15) is 0 Å². The largest absolute Gasteiger partial charge is 0.459 e. The van der Waals surface area contributed by atoms with Crippen molar-refractivity contribution in [1.82, 2.24) is 9.13 Å². The van der Waals surface area contributed by atoms with Crippen molar-refractivity contribution in [1.29, 1.82) is 0 Å². The van der Waals surface area contributed by atoms with Crippen LogP contribution in [0.15, 0.2) is 44.5 Å². The number of furan rings is 1. The predicted octanol–water partition coefficient (Wildman–Crippen LogP) is 2.07. The van der Waals surface area contributed by atoms with Crippen molar-refractivity contribution in [2.24, 2.45) is 14.1 Å². The van der Waals surface area contributed by atoms with Crippen molar-refractivity contribution in [3.8, 4) is 0 Å². The Hall–Kier alpha value is -3.29. The average molecular weight is 382 g/mol. The standard InChI is InChI=1S/C20H22N4O4/c1-22-15-11-13(21-18(25)17-7-6-10-28-17)14(24-8-4-3-5-9-24)12-16(15)23(2)20(27)19(22)26/h6-7,10-12H,3-5,8-9H2,1-2H3,(H,21,25). The van der Waals surface area contributed by atoms with E-state index >= 15 is 0 Å². The van der Waals surface area contributed by atoms with Crippen LogP contribution in [0.4, 0.5) is 11.4 Å². The Morgan fingerprint density at radius 2 is 1.64 bits per heavy atom. The number of carbonyl (C=O) groups is 1. The molecule has 1 aliphatic heterocycles. The number of benzene rings is 1. The summed E-state index contributed by atoms with van der Waals surface area (Å²) in [7, 11) is 3.15. The SMILES string of the molecule is Cn1c(=O)c(=O)n(C)c2cc(N3CCCCC3)c(NC(=O)c3ccco3)cc21. The van der Waals surface area contributed by atoms with Gasteiger partial charge in [0, 0.05) is 27.2 Å². The lowest BCUT2D eigenvalue weighted by Gasteiger charge is -2.31. The molecule has 1 N–H and O–H groups in total. The minimum atomic E-state index is -0.607. The summed E-state index contributed by atoms with van der Waals surface area (Å²) >= 11 is 0.